The highest BCUT2D eigenvalue weighted by Gasteiger charge is 2.09. The van der Waals surface area contributed by atoms with Gasteiger partial charge in [-0.3, -0.25) is 0 Å². The lowest BCUT2D eigenvalue weighted by atomic mass is 10.1. The lowest BCUT2D eigenvalue weighted by Crippen LogP contribution is -1.97. The standard InChI is InChI=1S/C16H11ClO3/c1-10-2-5-12(14(17)8-10)6-3-11-4-7-15(18)13(9-11)16(19)20/h2,4-5,7-9,18H,1H3,(H,19,20). The summed E-state index contributed by atoms with van der Waals surface area (Å²) in [5.74, 6) is 4.24. The first-order valence-corrected chi connectivity index (χ1v) is 6.19. The van der Waals surface area contributed by atoms with Gasteiger partial charge in [0.1, 0.15) is 11.3 Å². The van der Waals surface area contributed by atoms with Crippen molar-refractivity contribution >= 4 is 17.6 Å². The molecule has 2 N–H and O–H groups in total. The van der Waals surface area contributed by atoms with Gasteiger partial charge >= 0.3 is 5.97 Å². The highest BCUT2D eigenvalue weighted by atomic mass is 35.5. The Bertz CT molecular complexity index is 739. The number of aryl methyl sites for hydroxylation is 1. The van der Waals surface area contributed by atoms with Crippen molar-refractivity contribution in [1.82, 2.24) is 0 Å². The van der Waals surface area contributed by atoms with Crippen LogP contribution in [0.25, 0.3) is 0 Å². The second kappa shape index (κ2) is 5.68. The third kappa shape index (κ3) is 3.11. The number of aromatic hydroxyl groups is 1. The fourth-order valence-electron chi connectivity index (χ4n) is 1.65. The molecule has 3 nitrogen and oxygen atoms in total. The number of phenols is 1. The van der Waals surface area contributed by atoms with E-state index in [1.54, 1.807) is 6.07 Å². The van der Waals surface area contributed by atoms with Crippen LogP contribution in [0.1, 0.15) is 27.0 Å². The predicted molar refractivity (Wildman–Crippen MR) is 77.2 cm³/mol. The third-order valence-corrected chi connectivity index (χ3v) is 3.01. The molecule has 0 fully saturated rings. The van der Waals surface area contributed by atoms with Gasteiger partial charge in [-0.1, -0.05) is 29.5 Å². The second-order valence-electron chi connectivity index (χ2n) is 4.27. The molecule has 2 rings (SSSR count). The minimum absolute atomic E-state index is 0.174. The molecule has 2 aromatic carbocycles. The summed E-state index contributed by atoms with van der Waals surface area (Å²) < 4.78 is 0. The Morgan fingerprint density at radius 2 is 1.90 bits per heavy atom. The van der Waals surface area contributed by atoms with Gasteiger partial charge in [0.2, 0.25) is 0 Å². The summed E-state index contributed by atoms with van der Waals surface area (Å²) in [6, 6.07) is 9.71. The van der Waals surface area contributed by atoms with Crippen LogP contribution < -0.4 is 0 Å². The van der Waals surface area contributed by atoms with Gasteiger partial charge in [0.15, 0.2) is 0 Å². The molecule has 0 saturated heterocycles. The summed E-state index contributed by atoms with van der Waals surface area (Å²) in [5, 5.41) is 18.9. The van der Waals surface area contributed by atoms with E-state index < -0.39 is 5.97 Å². The van der Waals surface area contributed by atoms with Crippen LogP contribution >= 0.6 is 11.6 Å². The first-order chi connectivity index (χ1) is 9.47. The lowest BCUT2D eigenvalue weighted by Gasteiger charge is -2.00. The van der Waals surface area contributed by atoms with Crippen LogP contribution in [0, 0.1) is 18.8 Å². The molecule has 2 aromatic rings. The zero-order valence-corrected chi connectivity index (χ0v) is 11.4. The Balaban J connectivity index is 2.38. The summed E-state index contributed by atoms with van der Waals surface area (Å²) >= 11 is 6.07. The summed E-state index contributed by atoms with van der Waals surface area (Å²) in [6.07, 6.45) is 0. The Kier molecular flexibility index (Phi) is 3.97. The molecule has 0 aliphatic rings. The van der Waals surface area contributed by atoms with E-state index in [1.807, 2.05) is 25.1 Å². The normalized spacial score (nSPS) is 9.70. The average Bonchev–Trinajstić information content (AvgIpc) is 2.39. The van der Waals surface area contributed by atoms with Crippen LogP contribution in [0.4, 0.5) is 0 Å². The van der Waals surface area contributed by atoms with Gasteiger partial charge in [0.25, 0.3) is 0 Å². The summed E-state index contributed by atoms with van der Waals surface area (Å²) in [7, 11) is 0. The largest absolute Gasteiger partial charge is 0.507 e. The van der Waals surface area contributed by atoms with Gasteiger partial charge < -0.3 is 10.2 Å². The molecule has 100 valence electrons. The number of carbonyl (C=O) groups is 1. The van der Waals surface area contributed by atoms with Crippen LogP contribution in [-0.2, 0) is 0 Å². The van der Waals surface area contributed by atoms with Crippen molar-refractivity contribution in [2.45, 2.75) is 6.92 Å². The van der Waals surface area contributed by atoms with Gasteiger partial charge in [-0.25, -0.2) is 4.79 Å². The lowest BCUT2D eigenvalue weighted by molar-refractivity contribution is 0.0693. The van der Waals surface area contributed by atoms with E-state index in [9.17, 15) is 9.90 Å². The van der Waals surface area contributed by atoms with E-state index in [1.165, 1.54) is 12.1 Å². The van der Waals surface area contributed by atoms with Crippen LogP contribution in [-0.4, -0.2) is 16.2 Å². The van der Waals surface area contributed by atoms with Gasteiger partial charge in [0.05, 0.1) is 5.02 Å². The van der Waals surface area contributed by atoms with Crippen molar-refractivity contribution in [3.05, 3.63) is 63.7 Å². The van der Waals surface area contributed by atoms with E-state index in [0.717, 1.165) is 5.56 Å². The number of benzene rings is 2. The Morgan fingerprint density at radius 3 is 2.55 bits per heavy atom. The predicted octanol–water partition coefficient (Wildman–Crippen LogP) is 3.45. The molecule has 0 aliphatic carbocycles. The fourth-order valence-corrected chi connectivity index (χ4v) is 1.93. The molecule has 0 bridgehead atoms. The van der Waals surface area contributed by atoms with E-state index in [2.05, 4.69) is 11.8 Å². The topological polar surface area (TPSA) is 57.5 Å². The maximum absolute atomic E-state index is 10.9. The summed E-state index contributed by atoms with van der Waals surface area (Å²) in [6.45, 7) is 1.93. The average molecular weight is 287 g/mol. The summed E-state index contributed by atoms with van der Waals surface area (Å²) in [4.78, 5) is 10.9. The van der Waals surface area contributed by atoms with Crippen molar-refractivity contribution < 1.29 is 15.0 Å². The summed E-state index contributed by atoms with van der Waals surface area (Å²) in [5.41, 5.74) is 2.03. The zero-order valence-electron chi connectivity index (χ0n) is 10.6. The van der Waals surface area contributed by atoms with Crippen LogP contribution in [0.2, 0.25) is 5.02 Å². The number of rotatable bonds is 1. The Morgan fingerprint density at radius 1 is 1.15 bits per heavy atom. The molecule has 0 unspecified atom stereocenters. The highest BCUT2D eigenvalue weighted by Crippen LogP contribution is 2.19. The van der Waals surface area contributed by atoms with Gasteiger partial charge in [-0.05, 0) is 42.8 Å². The van der Waals surface area contributed by atoms with Crippen LogP contribution in [0.5, 0.6) is 5.75 Å². The van der Waals surface area contributed by atoms with Gasteiger partial charge in [-0.2, -0.15) is 0 Å². The molecule has 4 heteroatoms. The molecule has 0 saturated carbocycles. The number of aromatic carboxylic acids is 1. The number of carboxylic acids is 1. The third-order valence-electron chi connectivity index (χ3n) is 2.69. The first-order valence-electron chi connectivity index (χ1n) is 5.82. The maximum Gasteiger partial charge on any atom is 0.339 e. The molecule has 0 radical (unpaired) electrons. The molecular weight excluding hydrogens is 276 g/mol. The van der Waals surface area contributed by atoms with Crippen molar-refractivity contribution in [3.63, 3.8) is 0 Å². The van der Waals surface area contributed by atoms with Crippen LogP contribution in [0.3, 0.4) is 0 Å². The van der Waals surface area contributed by atoms with Crippen molar-refractivity contribution in [3.8, 4) is 17.6 Å². The monoisotopic (exact) mass is 286 g/mol. The smallest absolute Gasteiger partial charge is 0.339 e. The molecular formula is C16H11ClO3. The zero-order chi connectivity index (χ0) is 14.7. The van der Waals surface area contributed by atoms with E-state index >= 15 is 0 Å². The number of carboxylic acid groups (broad SMARTS) is 1. The maximum atomic E-state index is 10.9. The highest BCUT2D eigenvalue weighted by molar-refractivity contribution is 6.31. The quantitative estimate of drug-likeness (QED) is 0.790. The molecule has 20 heavy (non-hydrogen) atoms. The number of halogens is 1. The molecule has 0 amide bonds. The molecule has 0 aromatic heterocycles. The van der Waals surface area contributed by atoms with Crippen molar-refractivity contribution in [2.24, 2.45) is 0 Å². The van der Waals surface area contributed by atoms with Crippen LogP contribution in [0.15, 0.2) is 36.4 Å². The van der Waals surface area contributed by atoms with Crippen molar-refractivity contribution in [1.29, 1.82) is 0 Å². The number of hydrogen-bond donors (Lipinski definition) is 2. The van der Waals surface area contributed by atoms with Gasteiger partial charge in [0, 0.05) is 11.1 Å². The molecule has 0 aliphatic heterocycles. The van der Waals surface area contributed by atoms with E-state index in [0.29, 0.717) is 16.1 Å². The second-order valence-corrected chi connectivity index (χ2v) is 4.68. The fraction of sp³-hybridized carbons (Fsp3) is 0.0625. The minimum atomic E-state index is -1.19. The minimum Gasteiger partial charge on any atom is -0.507 e. The van der Waals surface area contributed by atoms with Crippen molar-refractivity contribution in [2.75, 3.05) is 0 Å². The SMILES string of the molecule is Cc1ccc(C#Cc2ccc(O)c(C(=O)O)c2)c(Cl)c1. The van der Waals surface area contributed by atoms with E-state index in [4.69, 9.17) is 16.7 Å². The molecule has 0 spiro atoms. The van der Waals surface area contributed by atoms with E-state index in [-0.39, 0.29) is 11.3 Å². The number of hydrogen-bond acceptors (Lipinski definition) is 2. The molecule has 0 atom stereocenters. The van der Waals surface area contributed by atoms with Gasteiger partial charge in [-0.15, -0.1) is 0 Å². The first kappa shape index (κ1) is 14.0. The Labute approximate surface area is 121 Å². The Hall–Kier alpha value is -2.44. The molecule has 0 heterocycles.